The van der Waals surface area contributed by atoms with Crippen LogP contribution in [-0.4, -0.2) is 23.5 Å². The maximum absolute atomic E-state index is 13.4. The molecule has 1 unspecified atom stereocenters. The van der Waals surface area contributed by atoms with Crippen LogP contribution in [0.2, 0.25) is 10.0 Å². The van der Waals surface area contributed by atoms with Crippen molar-refractivity contribution in [2.75, 3.05) is 13.1 Å². The summed E-state index contributed by atoms with van der Waals surface area (Å²) >= 11 is 11.2. The molecule has 1 heterocycles. The molecule has 0 saturated carbocycles. The summed E-state index contributed by atoms with van der Waals surface area (Å²) in [5, 5.41) is 15.7. The minimum atomic E-state index is -4.93. The van der Waals surface area contributed by atoms with Crippen molar-refractivity contribution >= 4 is 35.0 Å². The van der Waals surface area contributed by atoms with Crippen LogP contribution in [0.1, 0.15) is 11.1 Å². The second-order valence-corrected chi connectivity index (χ2v) is 7.69. The molecule has 162 valence electrons. The number of alkyl halides is 6. The van der Waals surface area contributed by atoms with Gasteiger partial charge in [-0.1, -0.05) is 35.0 Å². The van der Waals surface area contributed by atoms with E-state index in [0.29, 0.717) is 12.1 Å². The third-order valence-electron chi connectivity index (χ3n) is 3.80. The Kier molecular flexibility index (Phi) is 7.12. The monoisotopic (exact) mass is 496 g/mol. The summed E-state index contributed by atoms with van der Waals surface area (Å²) in [4.78, 5) is 0.277. The highest BCUT2D eigenvalue weighted by Crippen LogP contribution is 2.55. The number of nitriles is 1. The average Bonchev–Trinajstić information content (AvgIpc) is 2.97. The molecule has 0 N–H and O–H groups in total. The maximum Gasteiger partial charge on any atom is 0.446 e. The van der Waals surface area contributed by atoms with Crippen LogP contribution in [0, 0.1) is 36.0 Å². The Hall–Kier alpha value is -2.52. The van der Waals surface area contributed by atoms with E-state index in [-0.39, 0.29) is 13.1 Å². The molecule has 1 aliphatic heterocycles. The molecule has 0 saturated heterocycles. The van der Waals surface area contributed by atoms with Crippen molar-refractivity contribution in [3.8, 4) is 30.8 Å². The van der Waals surface area contributed by atoms with Gasteiger partial charge in [0.2, 0.25) is 5.54 Å². The molecule has 1 aromatic rings. The third kappa shape index (κ3) is 5.04. The fraction of sp³-hybridized carbons (Fsp3) is 0.278. The molecule has 13 heteroatoms. The predicted molar refractivity (Wildman–Crippen MR) is 104 cm³/mol. The summed E-state index contributed by atoms with van der Waals surface area (Å²) in [5.41, 5.74) is -9.35. The lowest BCUT2D eigenvalue weighted by Gasteiger charge is -2.26. The number of hydrogen-bond donors (Lipinski definition) is 0. The number of thioether (sulfide) groups is 1. The quantitative estimate of drug-likeness (QED) is 0.360. The minimum Gasteiger partial charge on any atom is -0.332 e. The SMILES string of the molecule is C#CCN(CC#C)C1=C(SC(F)(F)F)C(C#N)(c2c(Cl)cc(C(F)(F)F)cc2Cl)N=N1. The highest BCUT2D eigenvalue weighted by atomic mass is 35.5. The van der Waals surface area contributed by atoms with E-state index in [0.717, 1.165) is 4.90 Å². The lowest BCUT2D eigenvalue weighted by Crippen LogP contribution is -2.28. The lowest BCUT2D eigenvalue weighted by atomic mass is 9.90. The first-order valence-corrected chi connectivity index (χ1v) is 9.41. The molecule has 0 aromatic heterocycles. The largest absolute Gasteiger partial charge is 0.446 e. The number of hydrogen-bond acceptors (Lipinski definition) is 5. The Bertz CT molecular complexity index is 1040. The molecule has 0 amide bonds. The zero-order chi connectivity index (χ0) is 23.6. The Balaban J connectivity index is 2.83. The lowest BCUT2D eigenvalue weighted by molar-refractivity contribution is -0.137. The van der Waals surface area contributed by atoms with E-state index >= 15 is 0 Å². The van der Waals surface area contributed by atoms with Crippen molar-refractivity contribution in [3.05, 3.63) is 44.0 Å². The van der Waals surface area contributed by atoms with Crippen molar-refractivity contribution in [3.63, 3.8) is 0 Å². The molecule has 0 radical (unpaired) electrons. The molecule has 1 aliphatic rings. The van der Waals surface area contributed by atoms with Gasteiger partial charge in [0.05, 0.1) is 23.6 Å². The van der Waals surface area contributed by atoms with Gasteiger partial charge in [-0.25, -0.2) is 0 Å². The second kappa shape index (κ2) is 8.92. The van der Waals surface area contributed by atoms with Crippen LogP contribution in [0.15, 0.2) is 33.1 Å². The fourth-order valence-corrected chi connectivity index (χ4v) is 4.21. The smallest absolute Gasteiger partial charge is 0.332 e. The van der Waals surface area contributed by atoms with E-state index < -0.39 is 60.9 Å². The molecule has 0 aliphatic carbocycles. The number of nitrogens with zero attached hydrogens (tertiary/aromatic N) is 4. The van der Waals surface area contributed by atoms with Crippen molar-refractivity contribution in [2.45, 2.75) is 17.2 Å². The maximum atomic E-state index is 13.4. The fourth-order valence-electron chi connectivity index (χ4n) is 2.62. The highest BCUT2D eigenvalue weighted by Gasteiger charge is 2.52. The number of terminal acetylenes is 2. The second-order valence-electron chi connectivity index (χ2n) is 5.80. The van der Waals surface area contributed by atoms with Crippen molar-refractivity contribution in [2.24, 2.45) is 10.2 Å². The number of halogens is 8. The van der Waals surface area contributed by atoms with Gasteiger partial charge in [-0.3, -0.25) is 0 Å². The van der Waals surface area contributed by atoms with Crippen LogP contribution >= 0.6 is 35.0 Å². The first-order chi connectivity index (χ1) is 14.3. The van der Waals surface area contributed by atoms with Crippen LogP contribution in [0.4, 0.5) is 26.3 Å². The summed E-state index contributed by atoms with van der Waals surface area (Å²) in [6, 6.07) is 2.43. The standard InChI is InChI=1S/C18H8Cl2F6N4S/c1-3-5-30(6-4-2)15-14(31-18(24,25)26)16(9-27,29-28-15)13-11(19)7-10(8-12(13)20)17(21,22)23/h1-2,7-8H,5-6H2. The zero-order valence-corrected chi connectivity index (χ0v) is 17.3. The van der Waals surface area contributed by atoms with Crippen LogP contribution in [0.3, 0.4) is 0 Å². The first-order valence-electron chi connectivity index (χ1n) is 7.84. The first kappa shape index (κ1) is 24.7. The van der Waals surface area contributed by atoms with E-state index in [2.05, 4.69) is 22.1 Å². The molecular weight excluding hydrogens is 489 g/mol. The van der Waals surface area contributed by atoms with E-state index in [1.807, 2.05) is 0 Å². The molecule has 2 rings (SSSR count). The zero-order valence-electron chi connectivity index (χ0n) is 14.9. The predicted octanol–water partition coefficient (Wildman–Crippen LogP) is 6.19. The van der Waals surface area contributed by atoms with E-state index in [9.17, 15) is 31.6 Å². The van der Waals surface area contributed by atoms with Gasteiger partial charge >= 0.3 is 11.7 Å². The molecule has 4 nitrogen and oxygen atoms in total. The Morgan fingerprint density at radius 2 is 1.58 bits per heavy atom. The summed E-state index contributed by atoms with van der Waals surface area (Å²) in [5.74, 6) is 3.91. The number of benzene rings is 1. The molecule has 0 bridgehead atoms. The van der Waals surface area contributed by atoms with E-state index in [4.69, 9.17) is 36.0 Å². The summed E-state index contributed by atoms with van der Waals surface area (Å²) < 4.78 is 79.2. The number of azo groups is 1. The van der Waals surface area contributed by atoms with Gasteiger partial charge in [0.1, 0.15) is 6.07 Å². The van der Waals surface area contributed by atoms with Crippen LogP contribution in [0.5, 0.6) is 0 Å². The van der Waals surface area contributed by atoms with E-state index in [1.54, 1.807) is 6.07 Å². The highest BCUT2D eigenvalue weighted by molar-refractivity contribution is 8.04. The normalized spacial score (nSPS) is 18.5. The summed E-state index contributed by atoms with van der Waals surface area (Å²) in [7, 11) is 0. The van der Waals surface area contributed by atoms with Gasteiger partial charge in [-0.2, -0.15) is 36.7 Å². The molecule has 31 heavy (non-hydrogen) atoms. The van der Waals surface area contributed by atoms with Crippen LogP contribution in [-0.2, 0) is 11.7 Å². The molecule has 0 spiro atoms. The Morgan fingerprint density at radius 3 is 1.97 bits per heavy atom. The third-order valence-corrected chi connectivity index (χ3v) is 5.31. The van der Waals surface area contributed by atoms with Crippen molar-refractivity contribution in [1.82, 2.24) is 4.90 Å². The topological polar surface area (TPSA) is 51.8 Å². The van der Waals surface area contributed by atoms with Gasteiger partial charge in [-0.05, 0) is 23.9 Å². The molecule has 1 atom stereocenters. The van der Waals surface area contributed by atoms with E-state index in [1.165, 1.54) is 0 Å². The summed E-state index contributed by atoms with van der Waals surface area (Å²) in [6.45, 7) is -0.563. The number of rotatable bonds is 5. The minimum absolute atomic E-state index is 0.281. The average molecular weight is 497 g/mol. The molecular formula is C18H8Cl2F6N4S. The van der Waals surface area contributed by atoms with Gasteiger partial charge in [-0.15, -0.1) is 18.0 Å². The Labute approximate surface area is 186 Å². The van der Waals surface area contributed by atoms with Gasteiger partial charge in [0, 0.05) is 15.6 Å². The Morgan fingerprint density at radius 1 is 1.06 bits per heavy atom. The van der Waals surface area contributed by atoms with Gasteiger partial charge in [0.25, 0.3) is 0 Å². The van der Waals surface area contributed by atoms with Gasteiger partial charge < -0.3 is 4.90 Å². The van der Waals surface area contributed by atoms with Gasteiger partial charge in [0.15, 0.2) is 5.82 Å². The van der Waals surface area contributed by atoms with Crippen LogP contribution < -0.4 is 0 Å². The van der Waals surface area contributed by atoms with Crippen LogP contribution in [0.25, 0.3) is 0 Å². The molecule has 1 aromatic carbocycles. The van der Waals surface area contributed by atoms with Crippen molar-refractivity contribution in [1.29, 1.82) is 5.26 Å². The molecule has 0 fully saturated rings. The summed E-state index contributed by atoms with van der Waals surface area (Å²) in [6.07, 6.45) is 5.59. The van der Waals surface area contributed by atoms with Crippen molar-refractivity contribution < 1.29 is 26.3 Å².